The summed E-state index contributed by atoms with van der Waals surface area (Å²) in [6.07, 6.45) is 3.68. The molecule has 0 amide bonds. The predicted molar refractivity (Wildman–Crippen MR) is 59.3 cm³/mol. The van der Waals surface area contributed by atoms with Gasteiger partial charge in [0.25, 0.3) is 0 Å². The van der Waals surface area contributed by atoms with E-state index >= 15 is 0 Å². The molecule has 1 aromatic carbocycles. The summed E-state index contributed by atoms with van der Waals surface area (Å²) in [6, 6.07) is 12.2. The van der Waals surface area contributed by atoms with Crippen molar-refractivity contribution >= 4 is 11.0 Å². The summed E-state index contributed by atoms with van der Waals surface area (Å²) in [5, 5.41) is 9.11. The van der Waals surface area contributed by atoms with Crippen LogP contribution in [0.25, 0.3) is 22.2 Å². The van der Waals surface area contributed by atoms with Gasteiger partial charge in [0.05, 0.1) is 6.20 Å². The summed E-state index contributed by atoms with van der Waals surface area (Å²) in [4.78, 5) is 3.06. The Morgan fingerprint density at radius 2 is 1.87 bits per heavy atom. The Hall–Kier alpha value is -2.16. The lowest BCUT2D eigenvalue weighted by atomic mass is 10.1. The van der Waals surface area contributed by atoms with Crippen LogP contribution >= 0.6 is 0 Å². The third-order valence-corrected chi connectivity index (χ3v) is 2.44. The standard InChI is InChI=1S/C12H9N3/c1-2-4-9(5-3-1)11-8-14-15-12-10(11)6-7-13-12/h1-8H,(H,13,15). The second-order valence-electron chi connectivity index (χ2n) is 3.36. The maximum absolute atomic E-state index is 4.02. The highest BCUT2D eigenvalue weighted by Gasteiger charge is 2.04. The van der Waals surface area contributed by atoms with Gasteiger partial charge >= 0.3 is 0 Å². The molecule has 3 aromatic rings. The van der Waals surface area contributed by atoms with Crippen molar-refractivity contribution in [1.82, 2.24) is 15.2 Å². The van der Waals surface area contributed by atoms with E-state index in [0.717, 1.165) is 22.2 Å². The highest BCUT2D eigenvalue weighted by molar-refractivity contribution is 5.91. The van der Waals surface area contributed by atoms with Crippen LogP contribution in [0, 0.1) is 0 Å². The number of nitrogens with zero attached hydrogens (tertiary/aromatic N) is 2. The second-order valence-corrected chi connectivity index (χ2v) is 3.36. The lowest BCUT2D eigenvalue weighted by molar-refractivity contribution is 1.06. The molecule has 0 bridgehead atoms. The summed E-state index contributed by atoms with van der Waals surface area (Å²) in [6.45, 7) is 0. The first-order valence-corrected chi connectivity index (χ1v) is 4.79. The molecule has 0 aliphatic carbocycles. The van der Waals surface area contributed by atoms with Gasteiger partial charge in [-0.1, -0.05) is 30.3 Å². The number of rotatable bonds is 1. The normalized spacial score (nSPS) is 10.7. The molecule has 0 fully saturated rings. The molecule has 0 aliphatic heterocycles. The fourth-order valence-corrected chi connectivity index (χ4v) is 1.72. The SMILES string of the molecule is c1ccc(-c2cnnc3[nH]ccc23)cc1. The van der Waals surface area contributed by atoms with E-state index in [-0.39, 0.29) is 0 Å². The largest absolute Gasteiger partial charge is 0.345 e. The molecule has 2 heterocycles. The van der Waals surface area contributed by atoms with Gasteiger partial charge in [0.2, 0.25) is 0 Å². The van der Waals surface area contributed by atoms with Gasteiger partial charge in [-0.05, 0) is 11.6 Å². The number of fused-ring (bicyclic) bond motifs is 1. The summed E-state index contributed by atoms with van der Waals surface area (Å²) in [5.74, 6) is 0. The molecular formula is C12H9N3. The van der Waals surface area contributed by atoms with Gasteiger partial charge in [0.15, 0.2) is 5.65 Å². The fraction of sp³-hybridized carbons (Fsp3) is 0. The summed E-state index contributed by atoms with van der Waals surface area (Å²) in [5.41, 5.74) is 3.11. The summed E-state index contributed by atoms with van der Waals surface area (Å²) in [7, 11) is 0. The van der Waals surface area contributed by atoms with E-state index in [4.69, 9.17) is 0 Å². The molecule has 0 spiro atoms. The number of hydrogen-bond donors (Lipinski definition) is 1. The third-order valence-electron chi connectivity index (χ3n) is 2.44. The number of H-pyrrole nitrogens is 1. The molecule has 2 aromatic heterocycles. The van der Waals surface area contributed by atoms with E-state index in [1.165, 1.54) is 0 Å². The van der Waals surface area contributed by atoms with Gasteiger partial charge in [-0.2, -0.15) is 5.10 Å². The number of benzene rings is 1. The molecule has 0 aliphatic rings. The van der Waals surface area contributed by atoms with Gasteiger partial charge < -0.3 is 4.98 Å². The maximum Gasteiger partial charge on any atom is 0.160 e. The van der Waals surface area contributed by atoms with Crippen LogP contribution in [-0.2, 0) is 0 Å². The van der Waals surface area contributed by atoms with Crippen molar-refractivity contribution in [2.45, 2.75) is 0 Å². The van der Waals surface area contributed by atoms with E-state index in [1.807, 2.05) is 30.5 Å². The van der Waals surface area contributed by atoms with E-state index in [1.54, 1.807) is 6.20 Å². The van der Waals surface area contributed by atoms with E-state index in [0.29, 0.717) is 0 Å². The molecule has 0 radical (unpaired) electrons. The minimum absolute atomic E-state index is 0.830. The quantitative estimate of drug-likeness (QED) is 0.648. The Bertz CT molecular complexity index is 584. The molecule has 0 unspecified atom stereocenters. The van der Waals surface area contributed by atoms with Crippen molar-refractivity contribution in [1.29, 1.82) is 0 Å². The Morgan fingerprint density at radius 1 is 1.00 bits per heavy atom. The first-order chi connectivity index (χ1) is 7.45. The van der Waals surface area contributed by atoms with Gasteiger partial charge in [-0.15, -0.1) is 5.10 Å². The van der Waals surface area contributed by atoms with E-state index in [2.05, 4.69) is 27.3 Å². The van der Waals surface area contributed by atoms with Gasteiger partial charge in [0, 0.05) is 17.1 Å². The number of aromatic amines is 1. The van der Waals surface area contributed by atoms with Crippen molar-refractivity contribution in [2.75, 3.05) is 0 Å². The zero-order chi connectivity index (χ0) is 10.1. The van der Waals surface area contributed by atoms with Crippen molar-refractivity contribution < 1.29 is 0 Å². The second kappa shape index (κ2) is 3.20. The van der Waals surface area contributed by atoms with Gasteiger partial charge in [0.1, 0.15) is 0 Å². The Kier molecular flexibility index (Phi) is 1.75. The highest BCUT2D eigenvalue weighted by Crippen LogP contribution is 2.25. The Labute approximate surface area is 86.8 Å². The number of hydrogen-bond acceptors (Lipinski definition) is 2. The van der Waals surface area contributed by atoms with E-state index < -0.39 is 0 Å². The van der Waals surface area contributed by atoms with Crippen molar-refractivity contribution in [2.24, 2.45) is 0 Å². The average Bonchev–Trinajstić information content (AvgIpc) is 2.78. The third kappa shape index (κ3) is 1.29. The van der Waals surface area contributed by atoms with Crippen LogP contribution in [0.5, 0.6) is 0 Å². The van der Waals surface area contributed by atoms with Crippen molar-refractivity contribution in [3.8, 4) is 11.1 Å². The smallest absolute Gasteiger partial charge is 0.160 e. The molecule has 0 saturated heterocycles. The Morgan fingerprint density at radius 3 is 2.73 bits per heavy atom. The van der Waals surface area contributed by atoms with Crippen LogP contribution in [0.2, 0.25) is 0 Å². The van der Waals surface area contributed by atoms with Crippen molar-refractivity contribution in [3.05, 3.63) is 48.8 Å². The zero-order valence-corrected chi connectivity index (χ0v) is 8.01. The van der Waals surface area contributed by atoms with Gasteiger partial charge in [-0.3, -0.25) is 0 Å². The minimum atomic E-state index is 0.830. The Balaban J connectivity index is 2.31. The molecule has 3 rings (SSSR count). The average molecular weight is 195 g/mol. The van der Waals surface area contributed by atoms with Crippen LogP contribution in [0.4, 0.5) is 0 Å². The molecule has 0 atom stereocenters. The van der Waals surface area contributed by atoms with Crippen LogP contribution in [0.3, 0.4) is 0 Å². The topological polar surface area (TPSA) is 41.6 Å². The lowest BCUT2D eigenvalue weighted by Crippen LogP contribution is -1.85. The van der Waals surface area contributed by atoms with Crippen LogP contribution in [-0.4, -0.2) is 15.2 Å². The molecular weight excluding hydrogens is 186 g/mol. The summed E-state index contributed by atoms with van der Waals surface area (Å²) < 4.78 is 0. The van der Waals surface area contributed by atoms with Crippen LogP contribution < -0.4 is 0 Å². The predicted octanol–water partition coefficient (Wildman–Crippen LogP) is 2.62. The van der Waals surface area contributed by atoms with E-state index in [9.17, 15) is 0 Å². The van der Waals surface area contributed by atoms with Gasteiger partial charge in [-0.25, -0.2) is 0 Å². The molecule has 15 heavy (non-hydrogen) atoms. The molecule has 3 nitrogen and oxygen atoms in total. The highest BCUT2D eigenvalue weighted by atomic mass is 15.1. The molecule has 0 saturated carbocycles. The molecule has 1 N–H and O–H groups in total. The first kappa shape index (κ1) is 8.17. The van der Waals surface area contributed by atoms with Crippen molar-refractivity contribution in [3.63, 3.8) is 0 Å². The summed E-state index contributed by atoms with van der Waals surface area (Å²) >= 11 is 0. The number of aromatic nitrogens is 3. The molecule has 72 valence electrons. The minimum Gasteiger partial charge on any atom is -0.345 e. The first-order valence-electron chi connectivity index (χ1n) is 4.79. The zero-order valence-electron chi connectivity index (χ0n) is 8.01. The monoisotopic (exact) mass is 195 g/mol. The fourth-order valence-electron chi connectivity index (χ4n) is 1.72. The van der Waals surface area contributed by atoms with Crippen LogP contribution in [0.1, 0.15) is 0 Å². The molecule has 3 heteroatoms. The number of nitrogens with one attached hydrogen (secondary N) is 1. The van der Waals surface area contributed by atoms with Crippen LogP contribution in [0.15, 0.2) is 48.8 Å². The lowest BCUT2D eigenvalue weighted by Gasteiger charge is -2.01. The maximum atomic E-state index is 4.02.